The highest BCUT2D eigenvalue weighted by molar-refractivity contribution is 5.76. The molecule has 0 aliphatic rings. The molecule has 0 atom stereocenters. The number of phenols is 1. The molecule has 2 N–H and O–H groups in total. The van der Waals surface area contributed by atoms with Crippen molar-refractivity contribution < 1.29 is 14.6 Å². The molecule has 116 valence electrons. The Kier molecular flexibility index (Phi) is 6.30. The molecular formula is C18H21NO3. The van der Waals surface area contributed by atoms with Gasteiger partial charge in [-0.15, -0.1) is 0 Å². The lowest BCUT2D eigenvalue weighted by Gasteiger charge is -2.08. The number of rotatable bonds is 8. The van der Waals surface area contributed by atoms with Gasteiger partial charge in [-0.25, -0.2) is 0 Å². The minimum absolute atomic E-state index is 0.0111. The molecule has 0 aliphatic heterocycles. The maximum absolute atomic E-state index is 11.7. The van der Waals surface area contributed by atoms with E-state index in [1.807, 2.05) is 42.5 Å². The van der Waals surface area contributed by atoms with Crippen molar-refractivity contribution in [2.24, 2.45) is 0 Å². The smallest absolute Gasteiger partial charge is 0.220 e. The number of amides is 1. The summed E-state index contributed by atoms with van der Waals surface area (Å²) in [5, 5.41) is 12.5. The molecule has 0 aliphatic carbocycles. The third-order valence-corrected chi connectivity index (χ3v) is 3.27. The van der Waals surface area contributed by atoms with E-state index in [4.69, 9.17) is 4.74 Å². The number of para-hydroxylation sites is 2. The molecular weight excluding hydrogens is 278 g/mol. The SMILES string of the molecule is O=C(CCc1ccccc1O)NCCCOc1ccccc1. The van der Waals surface area contributed by atoms with Gasteiger partial charge in [0, 0.05) is 13.0 Å². The first-order valence-corrected chi connectivity index (χ1v) is 7.47. The van der Waals surface area contributed by atoms with Gasteiger partial charge in [0.05, 0.1) is 6.61 Å². The van der Waals surface area contributed by atoms with Crippen LogP contribution in [0, 0.1) is 0 Å². The lowest BCUT2D eigenvalue weighted by Crippen LogP contribution is -2.25. The van der Waals surface area contributed by atoms with Crippen LogP contribution in [0.4, 0.5) is 0 Å². The monoisotopic (exact) mass is 299 g/mol. The summed E-state index contributed by atoms with van der Waals surface area (Å²) < 4.78 is 5.55. The van der Waals surface area contributed by atoms with Gasteiger partial charge in [-0.3, -0.25) is 4.79 Å². The van der Waals surface area contributed by atoms with Crippen LogP contribution in [0.5, 0.6) is 11.5 Å². The van der Waals surface area contributed by atoms with Crippen LogP contribution < -0.4 is 10.1 Å². The van der Waals surface area contributed by atoms with Gasteiger partial charge >= 0.3 is 0 Å². The molecule has 2 aromatic carbocycles. The van der Waals surface area contributed by atoms with E-state index in [2.05, 4.69) is 5.32 Å². The van der Waals surface area contributed by atoms with Crippen LogP contribution in [0.2, 0.25) is 0 Å². The van der Waals surface area contributed by atoms with Crippen molar-refractivity contribution >= 4 is 5.91 Å². The summed E-state index contributed by atoms with van der Waals surface area (Å²) in [4.78, 5) is 11.7. The Labute approximate surface area is 130 Å². The second-order valence-electron chi connectivity index (χ2n) is 4.99. The third kappa shape index (κ3) is 5.48. The molecule has 0 bridgehead atoms. The Bertz CT molecular complexity index is 584. The number of hydrogen-bond acceptors (Lipinski definition) is 3. The van der Waals surface area contributed by atoms with Crippen LogP contribution in [-0.2, 0) is 11.2 Å². The van der Waals surface area contributed by atoms with Crippen molar-refractivity contribution in [1.29, 1.82) is 0 Å². The van der Waals surface area contributed by atoms with E-state index in [-0.39, 0.29) is 11.7 Å². The molecule has 4 heteroatoms. The highest BCUT2D eigenvalue weighted by Gasteiger charge is 2.04. The lowest BCUT2D eigenvalue weighted by molar-refractivity contribution is -0.121. The highest BCUT2D eigenvalue weighted by atomic mass is 16.5. The van der Waals surface area contributed by atoms with Gasteiger partial charge in [0.2, 0.25) is 5.91 Å². The Balaban J connectivity index is 1.57. The van der Waals surface area contributed by atoms with E-state index >= 15 is 0 Å². The summed E-state index contributed by atoms with van der Waals surface area (Å²) in [6.07, 6.45) is 1.67. The standard InChI is InChI=1S/C18H21NO3/c20-17-10-5-4-7-15(17)11-12-18(21)19-13-6-14-22-16-8-2-1-3-9-16/h1-5,7-10,20H,6,11-14H2,(H,19,21). The number of hydrogen-bond donors (Lipinski definition) is 2. The van der Waals surface area contributed by atoms with Gasteiger partial charge in [0.25, 0.3) is 0 Å². The summed E-state index contributed by atoms with van der Waals surface area (Å²) >= 11 is 0. The fourth-order valence-electron chi connectivity index (χ4n) is 2.07. The molecule has 0 spiro atoms. The van der Waals surface area contributed by atoms with Crippen molar-refractivity contribution in [1.82, 2.24) is 5.32 Å². The van der Waals surface area contributed by atoms with Gasteiger partial charge in [0.15, 0.2) is 0 Å². The number of aryl methyl sites for hydroxylation is 1. The first kappa shape index (κ1) is 15.9. The van der Waals surface area contributed by atoms with Crippen molar-refractivity contribution in [3.05, 3.63) is 60.2 Å². The van der Waals surface area contributed by atoms with E-state index in [9.17, 15) is 9.90 Å². The van der Waals surface area contributed by atoms with E-state index in [1.54, 1.807) is 12.1 Å². The number of benzene rings is 2. The lowest BCUT2D eigenvalue weighted by atomic mass is 10.1. The Morgan fingerprint density at radius 2 is 1.77 bits per heavy atom. The van der Waals surface area contributed by atoms with Crippen LogP contribution in [-0.4, -0.2) is 24.2 Å². The van der Waals surface area contributed by atoms with E-state index in [0.29, 0.717) is 26.0 Å². The zero-order chi connectivity index (χ0) is 15.6. The maximum Gasteiger partial charge on any atom is 0.220 e. The zero-order valence-electron chi connectivity index (χ0n) is 12.5. The van der Waals surface area contributed by atoms with E-state index < -0.39 is 0 Å². The molecule has 2 rings (SSSR count). The quantitative estimate of drug-likeness (QED) is 0.737. The molecule has 2 aromatic rings. The molecule has 0 fully saturated rings. The van der Waals surface area contributed by atoms with Crippen molar-refractivity contribution in [3.63, 3.8) is 0 Å². The molecule has 0 saturated heterocycles. The first-order valence-electron chi connectivity index (χ1n) is 7.47. The minimum atomic E-state index is -0.0111. The van der Waals surface area contributed by atoms with Gasteiger partial charge in [-0.05, 0) is 36.6 Å². The minimum Gasteiger partial charge on any atom is -0.508 e. The second kappa shape index (κ2) is 8.72. The predicted molar refractivity (Wildman–Crippen MR) is 86.0 cm³/mol. The van der Waals surface area contributed by atoms with Gasteiger partial charge < -0.3 is 15.2 Å². The first-order chi connectivity index (χ1) is 10.8. The van der Waals surface area contributed by atoms with Crippen LogP contribution in [0.1, 0.15) is 18.4 Å². The number of carbonyl (C=O) groups excluding carboxylic acids is 1. The normalized spacial score (nSPS) is 10.2. The number of phenolic OH excluding ortho intramolecular Hbond substituents is 1. The summed E-state index contributed by atoms with van der Waals surface area (Å²) in [5.41, 5.74) is 0.796. The molecule has 4 nitrogen and oxygen atoms in total. The summed E-state index contributed by atoms with van der Waals surface area (Å²) in [6.45, 7) is 1.16. The van der Waals surface area contributed by atoms with Gasteiger partial charge in [0.1, 0.15) is 11.5 Å². The third-order valence-electron chi connectivity index (χ3n) is 3.27. The molecule has 0 unspecified atom stereocenters. The topological polar surface area (TPSA) is 58.6 Å². The average Bonchev–Trinajstić information content (AvgIpc) is 2.55. The Morgan fingerprint density at radius 3 is 2.55 bits per heavy atom. The highest BCUT2D eigenvalue weighted by Crippen LogP contribution is 2.17. The average molecular weight is 299 g/mol. The molecule has 0 saturated carbocycles. The van der Waals surface area contributed by atoms with E-state index in [1.165, 1.54) is 0 Å². The predicted octanol–water partition coefficient (Wildman–Crippen LogP) is 2.91. The fourth-order valence-corrected chi connectivity index (χ4v) is 2.07. The largest absolute Gasteiger partial charge is 0.508 e. The number of carbonyl (C=O) groups is 1. The molecule has 0 aromatic heterocycles. The number of ether oxygens (including phenoxy) is 1. The van der Waals surface area contributed by atoms with Crippen molar-refractivity contribution in [2.75, 3.05) is 13.2 Å². The summed E-state index contributed by atoms with van der Waals surface area (Å²) in [6, 6.07) is 16.7. The Morgan fingerprint density at radius 1 is 1.05 bits per heavy atom. The van der Waals surface area contributed by atoms with Crippen LogP contribution in [0.15, 0.2) is 54.6 Å². The molecule has 22 heavy (non-hydrogen) atoms. The van der Waals surface area contributed by atoms with Crippen molar-refractivity contribution in [2.45, 2.75) is 19.3 Å². The van der Waals surface area contributed by atoms with Gasteiger partial charge in [-0.2, -0.15) is 0 Å². The van der Waals surface area contributed by atoms with Crippen LogP contribution in [0.3, 0.4) is 0 Å². The van der Waals surface area contributed by atoms with Gasteiger partial charge in [-0.1, -0.05) is 36.4 Å². The second-order valence-corrected chi connectivity index (χ2v) is 4.99. The fraction of sp³-hybridized carbons (Fsp3) is 0.278. The van der Waals surface area contributed by atoms with Crippen LogP contribution >= 0.6 is 0 Å². The van der Waals surface area contributed by atoms with E-state index in [0.717, 1.165) is 17.7 Å². The summed E-state index contributed by atoms with van der Waals surface area (Å²) in [5.74, 6) is 1.07. The zero-order valence-corrected chi connectivity index (χ0v) is 12.5. The number of aromatic hydroxyl groups is 1. The molecule has 1 amide bonds. The molecule has 0 radical (unpaired) electrons. The molecule has 0 heterocycles. The Hall–Kier alpha value is -2.49. The summed E-state index contributed by atoms with van der Waals surface area (Å²) in [7, 11) is 0. The maximum atomic E-state index is 11.7. The number of nitrogens with one attached hydrogen (secondary N) is 1. The van der Waals surface area contributed by atoms with Crippen LogP contribution in [0.25, 0.3) is 0 Å². The van der Waals surface area contributed by atoms with Crippen molar-refractivity contribution in [3.8, 4) is 11.5 Å².